The second-order valence-electron chi connectivity index (χ2n) is 8.19. The first-order chi connectivity index (χ1) is 16.8. The zero-order chi connectivity index (χ0) is 25.0. The van der Waals surface area contributed by atoms with Gasteiger partial charge in [-0.2, -0.15) is 0 Å². The average Bonchev–Trinajstić information content (AvgIpc) is 3.35. The highest BCUT2D eigenvalue weighted by atomic mass is 32.2. The van der Waals surface area contributed by atoms with Crippen LogP contribution in [-0.4, -0.2) is 47.6 Å². The monoisotopic (exact) mass is 509 g/mol. The van der Waals surface area contributed by atoms with Crippen molar-refractivity contribution in [3.05, 3.63) is 66.4 Å². The number of nitrogens with zero attached hydrogens (tertiary/aromatic N) is 3. The third kappa shape index (κ3) is 5.62. The molecule has 2 aromatic heterocycles. The summed E-state index contributed by atoms with van der Waals surface area (Å²) in [6.07, 6.45) is 1.70. The van der Waals surface area contributed by atoms with E-state index in [4.69, 9.17) is 15.4 Å². The fourth-order valence-corrected chi connectivity index (χ4v) is 5.02. The van der Waals surface area contributed by atoms with E-state index in [2.05, 4.69) is 20.4 Å². The summed E-state index contributed by atoms with van der Waals surface area (Å²) >= 11 is 0. The second-order valence-corrected chi connectivity index (χ2v) is 10.6. The molecule has 0 aliphatic rings. The van der Waals surface area contributed by atoms with Gasteiger partial charge in [-0.05, 0) is 38.1 Å². The largest absolute Gasteiger partial charge is 0.396 e. The van der Waals surface area contributed by atoms with Gasteiger partial charge in [0.2, 0.25) is 0 Å². The van der Waals surface area contributed by atoms with Gasteiger partial charge < -0.3 is 20.7 Å². The van der Waals surface area contributed by atoms with Crippen LogP contribution in [0.4, 0.5) is 5.82 Å². The molecule has 0 spiro atoms. The van der Waals surface area contributed by atoms with Crippen LogP contribution in [-0.2, 0) is 16.4 Å². The molecule has 0 saturated heterocycles. The number of anilines is 1. The van der Waals surface area contributed by atoms with Gasteiger partial charge in [-0.3, -0.25) is 0 Å². The molecule has 0 saturated carbocycles. The predicted molar refractivity (Wildman–Crippen MR) is 141 cm³/mol. The molecule has 0 radical (unpaired) electrons. The van der Waals surface area contributed by atoms with Crippen molar-refractivity contribution in [2.24, 2.45) is 0 Å². The van der Waals surface area contributed by atoms with Crippen molar-refractivity contribution in [3.63, 3.8) is 0 Å². The van der Waals surface area contributed by atoms with Crippen molar-refractivity contribution >= 4 is 15.7 Å². The van der Waals surface area contributed by atoms with Crippen molar-refractivity contribution in [1.29, 1.82) is 0 Å². The van der Waals surface area contributed by atoms with E-state index in [9.17, 15) is 8.42 Å². The van der Waals surface area contributed by atoms with E-state index in [1.807, 2.05) is 31.3 Å². The number of nitrogens with two attached hydrogens (primary N) is 1. The van der Waals surface area contributed by atoms with Gasteiger partial charge in [0.1, 0.15) is 5.69 Å². The fourth-order valence-electron chi connectivity index (χ4n) is 3.62. The lowest BCUT2D eigenvalue weighted by molar-refractivity contribution is 0.287. The Bertz CT molecular complexity index is 1400. The van der Waals surface area contributed by atoms with Crippen LogP contribution in [0.5, 0.6) is 0 Å². The Morgan fingerprint density at radius 2 is 1.69 bits per heavy atom. The number of aliphatic hydroxyl groups excluding tert-OH is 1. The fraction of sp³-hybridized carbons (Fsp3) is 0.269. The van der Waals surface area contributed by atoms with E-state index in [0.29, 0.717) is 28.4 Å². The number of hydrogen-bond donors (Lipinski definition) is 3. The normalized spacial score (nSPS) is 12.2. The molecular formula is C26H31N5O4S. The second kappa shape index (κ2) is 11.4. The summed E-state index contributed by atoms with van der Waals surface area (Å²) in [5.41, 5.74) is 10.3. The maximum atomic E-state index is 12.6. The standard InChI is InChI=1S/C25H27N5O4S.CH4/c1-16(11-12-31)35(32,33)20-9-7-19(8-10-20)22-15-28-25(26)24(29-22)23-13-21(30-34-23)18-5-3-17(4-6-18)14-27-2;/h3-10,13,15-16,27,31H,11-12,14H2,1-2H3,(H2,26,28);1H4. The van der Waals surface area contributed by atoms with E-state index in [-0.39, 0.29) is 31.2 Å². The summed E-state index contributed by atoms with van der Waals surface area (Å²) in [5, 5.41) is 15.7. The lowest BCUT2D eigenvalue weighted by Gasteiger charge is -2.12. The first-order valence-electron chi connectivity index (χ1n) is 11.1. The number of aliphatic hydroxyl groups is 1. The van der Waals surface area contributed by atoms with Crippen LogP contribution in [0.3, 0.4) is 0 Å². The highest BCUT2D eigenvalue weighted by Crippen LogP contribution is 2.30. The molecule has 4 N–H and O–H groups in total. The van der Waals surface area contributed by atoms with Crippen LogP contribution in [0.1, 0.15) is 26.3 Å². The molecule has 4 aromatic rings. The van der Waals surface area contributed by atoms with Crippen LogP contribution in [0, 0.1) is 0 Å². The molecule has 2 heterocycles. The third-order valence-corrected chi connectivity index (χ3v) is 7.94. The number of sulfone groups is 1. The Balaban J connectivity index is 0.00000361. The molecule has 36 heavy (non-hydrogen) atoms. The van der Waals surface area contributed by atoms with Crippen LogP contribution in [0.25, 0.3) is 34.0 Å². The summed E-state index contributed by atoms with van der Waals surface area (Å²) < 4.78 is 30.8. The van der Waals surface area contributed by atoms with Crippen LogP contribution >= 0.6 is 0 Å². The first-order valence-corrected chi connectivity index (χ1v) is 12.7. The minimum Gasteiger partial charge on any atom is -0.396 e. The molecule has 1 unspecified atom stereocenters. The van der Waals surface area contributed by atoms with Crippen molar-refractivity contribution in [3.8, 4) is 34.0 Å². The Hall–Kier alpha value is -3.60. The highest BCUT2D eigenvalue weighted by molar-refractivity contribution is 7.92. The molecule has 190 valence electrons. The van der Waals surface area contributed by atoms with Crippen LogP contribution < -0.4 is 11.1 Å². The average molecular weight is 510 g/mol. The summed E-state index contributed by atoms with van der Waals surface area (Å²) in [5.74, 6) is 0.570. The van der Waals surface area contributed by atoms with Crippen molar-refractivity contribution < 1.29 is 18.0 Å². The summed E-state index contributed by atoms with van der Waals surface area (Å²) in [6.45, 7) is 2.17. The van der Waals surface area contributed by atoms with Gasteiger partial charge in [-0.25, -0.2) is 18.4 Å². The zero-order valence-electron chi connectivity index (χ0n) is 19.5. The third-order valence-electron chi connectivity index (χ3n) is 5.72. The maximum Gasteiger partial charge on any atom is 0.189 e. The Labute approximate surface area is 211 Å². The van der Waals surface area contributed by atoms with Gasteiger partial charge in [0.15, 0.2) is 27.1 Å². The summed E-state index contributed by atoms with van der Waals surface area (Å²) in [4.78, 5) is 9.03. The molecule has 0 fully saturated rings. The van der Waals surface area contributed by atoms with Crippen LogP contribution in [0.15, 0.2) is 70.2 Å². The van der Waals surface area contributed by atoms with E-state index >= 15 is 0 Å². The Morgan fingerprint density at radius 1 is 1.06 bits per heavy atom. The Morgan fingerprint density at radius 3 is 2.33 bits per heavy atom. The van der Waals surface area contributed by atoms with Crippen molar-refractivity contribution in [2.75, 3.05) is 19.4 Å². The molecule has 0 bridgehead atoms. The maximum absolute atomic E-state index is 12.6. The van der Waals surface area contributed by atoms with E-state index < -0.39 is 15.1 Å². The molecule has 0 aliphatic heterocycles. The smallest absolute Gasteiger partial charge is 0.189 e. The molecule has 4 rings (SSSR count). The van der Waals surface area contributed by atoms with Crippen LogP contribution in [0.2, 0.25) is 0 Å². The van der Waals surface area contributed by atoms with Gasteiger partial charge in [0, 0.05) is 30.3 Å². The van der Waals surface area contributed by atoms with Gasteiger partial charge in [0.05, 0.1) is 22.0 Å². The van der Waals surface area contributed by atoms with Gasteiger partial charge in [-0.15, -0.1) is 0 Å². The van der Waals surface area contributed by atoms with Crippen molar-refractivity contribution in [1.82, 2.24) is 20.4 Å². The number of hydrogen-bond acceptors (Lipinski definition) is 9. The van der Waals surface area contributed by atoms with Crippen molar-refractivity contribution in [2.45, 2.75) is 37.5 Å². The molecule has 0 aliphatic carbocycles. The number of aromatic nitrogens is 3. The zero-order valence-corrected chi connectivity index (χ0v) is 20.3. The SMILES string of the molecule is C.CNCc1ccc(-c2cc(-c3nc(-c4ccc(S(=O)(=O)C(C)CCO)cc4)cnc3N)on2)cc1. The lowest BCUT2D eigenvalue weighted by Crippen LogP contribution is -2.19. The molecule has 2 aromatic carbocycles. The molecule has 1 atom stereocenters. The molecule has 10 heteroatoms. The quantitative estimate of drug-likeness (QED) is 0.305. The number of benzene rings is 2. The van der Waals surface area contributed by atoms with E-state index in [0.717, 1.165) is 17.7 Å². The summed E-state index contributed by atoms with van der Waals surface area (Å²) in [7, 11) is -1.63. The lowest BCUT2D eigenvalue weighted by atomic mass is 10.1. The van der Waals surface area contributed by atoms with Gasteiger partial charge in [-0.1, -0.05) is 49.0 Å². The first kappa shape index (κ1) is 27.0. The number of nitrogen functional groups attached to an aromatic ring is 1. The van der Waals surface area contributed by atoms with E-state index in [1.54, 1.807) is 25.1 Å². The molecule has 9 nitrogen and oxygen atoms in total. The van der Waals surface area contributed by atoms with E-state index in [1.165, 1.54) is 18.3 Å². The minimum atomic E-state index is -3.53. The molecule has 0 amide bonds. The highest BCUT2D eigenvalue weighted by Gasteiger charge is 2.23. The summed E-state index contributed by atoms with van der Waals surface area (Å²) in [6, 6.07) is 16.1. The number of nitrogens with one attached hydrogen (secondary N) is 1. The number of rotatable bonds is 9. The Kier molecular flexibility index (Phi) is 8.57. The van der Waals surface area contributed by atoms with Gasteiger partial charge >= 0.3 is 0 Å². The topological polar surface area (TPSA) is 144 Å². The van der Waals surface area contributed by atoms with Gasteiger partial charge in [0.25, 0.3) is 0 Å². The minimum absolute atomic E-state index is 0. The molecular weight excluding hydrogens is 478 g/mol. The predicted octanol–water partition coefficient (Wildman–Crippen LogP) is 3.95.